The van der Waals surface area contributed by atoms with Crippen molar-refractivity contribution in [3.05, 3.63) is 29.8 Å². The Morgan fingerprint density at radius 3 is 2.35 bits per heavy atom. The average Bonchev–Trinajstić information content (AvgIpc) is 2.38. The lowest BCUT2D eigenvalue weighted by molar-refractivity contribution is -0.123. The second kappa shape index (κ2) is 7.07. The molecular formula is C14H21NO2. The summed E-state index contributed by atoms with van der Waals surface area (Å²) in [6.45, 7) is 4.16. The van der Waals surface area contributed by atoms with E-state index in [1.807, 2.05) is 12.1 Å². The highest BCUT2D eigenvalue weighted by Crippen LogP contribution is 2.15. The third-order valence-electron chi connectivity index (χ3n) is 2.82. The predicted molar refractivity (Wildman–Crippen MR) is 69.2 cm³/mol. The van der Waals surface area contributed by atoms with Gasteiger partial charge in [-0.3, -0.25) is 10.0 Å². The molecule has 0 spiro atoms. The van der Waals surface area contributed by atoms with E-state index in [1.54, 1.807) is 12.1 Å². The van der Waals surface area contributed by atoms with Crippen molar-refractivity contribution in [2.45, 2.75) is 46.0 Å². The SMILES string of the molecule is CCCCCC(=O)N(O)c1ccc(CC)cc1. The largest absolute Gasteiger partial charge is 0.281 e. The number of carbonyl (C=O) groups is 1. The molecule has 0 atom stereocenters. The van der Waals surface area contributed by atoms with Crippen molar-refractivity contribution in [1.82, 2.24) is 0 Å². The Labute approximate surface area is 103 Å². The average molecular weight is 235 g/mol. The molecule has 17 heavy (non-hydrogen) atoms. The molecule has 1 rings (SSSR count). The van der Waals surface area contributed by atoms with Crippen LogP contribution in [0.2, 0.25) is 0 Å². The van der Waals surface area contributed by atoms with Crippen molar-refractivity contribution in [1.29, 1.82) is 0 Å². The first-order valence-electron chi connectivity index (χ1n) is 6.29. The van der Waals surface area contributed by atoms with Gasteiger partial charge in [-0.1, -0.05) is 38.8 Å². The highest BCUT2D eigenvalue weighted by Gasteiger charge is 2.12. The van der Waals surface area contributed by atoms with Crippen LogP contribution in [-0.2, 0) is 11.2 Å². The maximum atomic E-state index is 11.6. The number of anilines is 1. The Bertz CT molecular complexity index is 346. The summed E-state index contributed by atoms with van der Waals surface area (Å²) in [4.78, 5) is 11.6. The van der Waals surface area contributed by atoms with E-state index in [9.17, 15) is 10.0 Å². The van der Waals surface area contributed by atoms with Crippen LogP contribution in [0.25, 0.3) is 0 Å². The standard InChI is InChI=1S/C14H21NO2/c1-3-5-6-7-14(16)15(17)13-10-8-12(4-2)9-11-13/h8-11,17H,3-7H2,1-2H3. The van der Waals surface area contributed by atoms with Crippen LogP contribution < -0.4 is 5.06 Å². The molecule has 0 aliphatic carbocycles. The van der Waals surface area contributed by atoms with E-state index >= 15 is 0 Å². The maximum absolute atomic E-state index is 11.6. The van der Waals surface area contributed by atoms with Crippen LogP contribution in [-0.4, -0.2) is 11.1 Å². The zero-order valence-corrected chi connectivity index (χ0v) is 10.6. The van der Waals surface area contributed by atoms with Gasteiger partial charge < -0.3 is 0 Å². The molecule has 0 aliphatic heterocycles. The van der Waals surface area contributed by atoms with Crippen LogP contribution in [0.15, 0.2) is 24.3 Å². The maximum Gasteiger partial charge on any atom is 0.250 e. The summed E-state index contributed by atoms with van der Waals surface area (Å²) >= 11 is 0. The van der Waals surface area contributed by atoms with Gasteiger partial charge in [-0.15, -0.1) is 0 Å². The lowest BCUT2D eigenvalue weighted by atomic mass is 10.1. The first-order chi connectivity index (χ1) is 8.19. The van der Waals surface area contributed by atoms with Crippen molar-refractivity contribution in [2.75, 3.05) is 5.06 Å². The van der Waals surface area contributed by atoms with Crippen LogP contribution >= 0.6 is 0 Å². The number of hydrogen-bond acceptors (Lipinski definition) is 2. The fourth-order valence-corrected chi connectivity index (χ4v) is 1.65. The van der Waals surface area contributed by atoms with Crippen LogP contribution in [0, 0.1) is 0 Å². The lowest BCUT2D eigenvalue weighted by Crippen LogP contribution is -2.26. The predicted octanol–water partition coefficient (Wildman–Crippen LogP) is 3.55. The Morgan fingerprint density at radius 1 is 1.18 bits per heavy atom. The van der Waals surface area contributed by atoms with E-state index in [0.29, 0.717) is 12.1 Å². The molecule has 0 aliphatic rings. The molecule has 1 aromatic carbocycles. The molecule has 0 radical (unpaired) electrons. The van der Waals surface area contributed by atoms with E-state index in [1.165, 1.54) is 5.56 Å². The van der Waals surface area contributed by atoms with Gasteiger partial charge in [-0.25, -0.2) is 0 Å². The van der Waals surface area contributed by atoms with Crippen molar-refractivity contribution >= 4 is 11.6 Å². The van der Waals surface area contributed by atoms with Gasteiger partial charge in [0.2, 0.25) is 0 Å². The Kier molecular flexibility index (Phi) is 5.70. The van der Waals surface area contributed by atoms with Crippen molar-refractivity contribution in [3.63, 3.8) is 0 Å². The van der Waals surface area contributed by atoms with E-state index in [4.69, 9.17) is 0 Å². The zero-order valence-electron chi connectivity index (χ0n) is 10.6. The molecule has 0 saturated carbocycles. The van der Waals surface area contributed by atoms with Crippen LogP contribution in [0.1, 0.15) is 45.1 Å². The van der Waals surface area contributed by atoms with Crippen molar-refractivity contribution in [3.8, 4) is 0 Å². The molecule has 3 heteroatoms. The summed E-state index contributed by atoms with van der Waals surface area (Å²) < 4.78 is 0. The smallest absolute Gasteiger partial charge is 0.250 e. The molecule has 0 unspecified atom stereocenters. The molecule has 1 amide bonds. The van der Waals surface area contributed by atoms with Crippen molar-refractivity contribution < 1.29 is 10.0 Å². The molecule has 0 bridgehead atoms. The number of benzene rings is 1. The van der Waals surface area contributed by atoms with Gasteiger partial charge >= 0.3 is 0 Å². The Hall–Kier alpha value is -1.35. The highest BCUT2D eigenvalue weighted by atomic mass is 16.5. The summed E-state index contributed by atoms with van der Waals surface area (Å²) in [5, 5.41) is 10.5. The molecule has 0 aromatic heterocycles. The van der Waals surface area contributed by atoms with Gasteiger partial charge in [0.05, 0.1) is 5.69 Å². The van der Waals surface area contributed by atoms with Gasteiger partial charge in [0.25, 0.3) is 5.91 Å². The third-order valence-corrected chi connectivity index (χ3v) is 2.82. The van der Waals surface area contributed by atoms with E-state index < -0.39 is 0 Å². The minimum absolute atomic E-state index is 0.234. The van der Waals surface area contributed by atoms with E-state index in [-0.39, 0.29) is 5.91 Å². The first-order valence-corrected chi connectivity index (χ1v) is 6.29. The van der Waals surface area contributed by atoms with Crippen LogP contribution in [0.3, 0.4) is 0 Å². The van der Waals surface area contributed by atoms with Gasteiger partial charge in [0.15, 0.2) is 0 Å². The molecule has 0 fully saturated rings. The number of hydrogen-bond donors (Lipinski definition) is 1. The molecule has 3 nitrogen and oxygen atoms in total. The fraction of sp³-hybridized carbons (Fsp3) is 0.500. The number of hydroxylamine groups is 1. The summed E-state index contributed by atoms with van der Waals surface area (Å²) in [7, 11) is 0. The summed E-state index contributed by atoms with van der Waals surface area (Å²) in [5.74, 6) is -0.234. The lowest BCUT2D eigenvalue weighted by Gasteiger charge is -2.15. The van der Waals surface area contributed by atoms with Crippen molar-refractivity contribution in [2.24, 2.45) is 0 Å². The highest BCUT2D eigenvalue weighted by molar-refractivity contribution is 5.90. The number of nitrogens with zero attached hydrogens (tertiary/aromatic N) is 1. The fourth-order valence-electron chi connectivity index (χ4n) is 1.65. The number of rotatable bonds is 6. The molecular weight excluding hydrogens is 214 g/mol. The van der Waals surface area contributed by atoms with E-state index in [0.717, 1.165) is 30.7 Å². The zero-order chi connectivity index (χ0) is 12.7. The number of unbranched alkanes of at least 4 members (excludes halogenated alkanes) is 2. The second-order valence-electron chi connectivity index (χ2n) is 4.18. The first kappa shape index (κ1) is 13.7. The normalized spacial score (nSPS) is 10.3. The topological polar surface area (TPSA) is 40.5 Å². The second-order valence-corrected chi connectivity index (χ2v) is 4.18. The number of carbonyl (C=O) groups excluding carboxylic acids is 1. The third kappa shape index (κ3) is 4.19. The van der Waals surface area contributed by atoms with Gasteiger partial charge in [0.1, 0.15) is 0 Å². The monoisotopic (exact) mass is 235 g/mol. The summed E-state index contributed by atoms with van der Waals surface area (Å²) in [6.07, 6.45) is 4.29. The molecule has 94 valence electrons. The quantitative estimate of drug-likeness (QED) is 0.465. The Morgan fingerprint density at radius 2 is 1.82 bits per heavy atom. The number of amides is 1. The summed E-state index contributed by atoms with van der Waals surface area (Å²) in [6, 6.07) is 7.41. The van der Waals surface area contributed by atoms with Crippen LogP contribution in [0.5, 0.6) is 0 Å². The minimum Gasteiger partial charge on any atom is -0.281 e. The van der Waals surface area contributed by atoms with Gasteiger partial charge in [-0.2, -0.15) is 5.06 Å². The minimum atomic E-state index is -0.234. The molecule has 0 saturated heterocycles. The van der Waals surface area contributed by atoms with Gasteiger partial charge in [0, 0.05) is 6.42 Å². The van der Waals surface area contributed by atoms with E-state index in [2.05, 4.69) is 13.8 Å². The molecule has 0 heterocycles. The van der Waals surface area contributed by atoms with Crippen LogP contribution in [0.4, 0.5) is 5.69 Å². The summed E-state index contributed by atoms with van der Waals surface area (Å²) in [5.41, 5.74) is 1.74. The Balaban J connectivity index is 2.55. The number of aryl methyl sites for hydroxylation is 1. The molecule has 1 N–H and O–H groups in total. The molecule has 1 aromatic rings. The van der Waals surface area contributed by atoms with Gasteiger partial charge in [-0.05, 0) is 30.5 Å².